The number of benzene rings is 1. The van der Waals surface area contributed by atoms with Gasteiger partial charge in [-0.3, -0.25) is 0 Å². The Morgan fingerprint density at radius 2 is 2.16 bits per heavy atom. The van der Waals surface area contributed by atoms with Crippen LogP contribution in [0.4, 0.5) is 5.69 Å². The van der Waals surface area contributed by atoms with Gasteiger partial charge in [-0.2, -0.15) is 0 Å². The monoisotopic (exact) mass is 347 g/mol. The van der Waals surface area contributed by atoms with Crippen molar-refractivity contribution in [3.63, 3.8) is 0 Å². The molecule has 3 N–H and O–H groups in total. The summed E-state index contributed by atoms with van der Waals surface area (Å²) < 4.78 is 27.4. The van der Waals surface area contributed by atoms with E-state index in [9.17, 15) is 8.42 Å². The molecule has 5 nitrogen and oxygen atoms in total. The fourth-order valence-corrected chi connectivity index (χ4v) is 3.13. The molecule has 0 aliphatic heterocycles. The van der Waals surface area contributed by atoms with E-state index in [2.05, 4.69) is 25.6 Å². The molecule has 1 aliphatic carbocycles. The third-order valence-electron chi connectivity index (χ3n) is 3.20. The van der Waals surface area contributed by atoms with Crippen molar-refractivity contribution in [2.45, 2.75) is 23.8 Å². The van der Waals surface area contributed by atoms with E-state index < -0.39 is 10.0 Å². The second kappa shape index (κ2) is 5.78. The smallest absolute Gasteiger partial charge is 0.240 e. The third-order valence-corrected chi connectivity index (χ3v) is 5.39. The predicted octanol–water partition coefficient (Wildman–Crippen LogP) is 1.40. The summed E-state index contributed by atoms with van der Waals surface area (Å²) in [5.74, 6) is 0. The van der Waals surface area contributed by atoms with Crippen LogP contribution in [0, 0.1) is 0 Å². The van der Waals surface area contributed by atoms with Gasteiger partial charge in [-0.25, -0.2) is 13.1 Å². The van der Waals surface area contributed by atoms with Gasteiger partial charge in [0.1, 0.15) is 0 Å². The topological polar surface area (TPSA) is 75.4 Å². The fraction of sp³-hybridized carbons (Fsp3) is 0.500. The summed E-state index contributed by atoms with van der Waals surface area (Å²) in [5.41, 5.74) is 6.11. The Balaban J connectivity index is 1.95. The number of sulfonamides is 1. The summed E-state index contributed by atoms with van der Waals surface area (Å²) in [4.78, 5) is 2.38. The minimum atomic E-state index is -3.48. The molecule has 1 saturated carbocycles. The summed E-state index contributed by atoms with van der Waals surface area (Å²) in [5, 5.41) is 0. The van der Waals surface area contributed by atoms with Crippen molar-refractivity contribution in [1.82, 2.24) is 9.62 Å². The van der Waals surface area contributed by atoms with Crippen LogP contribution < -0.4 is 10.5 Å². The zero-order chi connectivity index (χ0) is 14.0. The van der Waals surface area contributed by atoms with Crippen molar-refractivity contribution in [3.8, 4) is 0 Å². The van der Waals surface area contributed by atoms with Gasteiger partial charge in [0.25, 0.3) is 0 Å². The molecule has 0 spiro atoms. The average Bonchev–Trinajstić information content (AvgIpc) is 3.16. The van der Waals surface area contributed by atoms with Gasteiger partial charge in [0.15, 0.2) is 0 Å². The zero-order valence-electron chi connectivity index (χ0n) is 10.8. The van der Waals surface area contributed by atoms with Crippen LogP contribution in [0.2, 0.25) is 0 Å². The van der Waals surface area contributed by atoms with Crippen LogP contribution in [-0.4, -0.2) is 39.5 Å². The first-order chi connectivity index (χ1) is 8.90. The molecule has 1 aromatic rings. The molecule has 7 heteroatoms. The number of nitrogens with one attached hydrogen (secondary N) is 1. The SMILES string of the molecule is CN(CCNS(=O)(=O)c1ccc(Br)c(N)c1)C1CC1. The lowest BCUT2D eigenvalue weighted by atomic mass is 10.3. The van der Waals surface area contributed by atoms with Crippen LogP contribution in [0.15, 0.2) is 27.6 Å². The molecule has 0 amide bonds. The number of nitrogens with zero attached hydrogens (tertiary/aromatic N) is 1. The van der Waals surface area contributed by atoms with Crippen molar-refractivity contribution in [2.75, 3.05) is 25.9 Å². The number of hydrogen-bond acceptors (Lipinski definition) is 4. The Morgan fingerprint density at radius 1 is 1.47 bits per heavy atom. The Morgan fingerprint density at radius 3 is 2.74 bits per heavy atom. The highest BCUT2D eigenvalue weighted by Crippen LogP contribution is 2.25. The number of hydrogen-bond donors (Lipinski definition) is 2. The minimum absolute atomic E-state index is 0.197. The molecule has 0 radical (unpaired) electrons. The number of nitrogen functional groups attached to an aromatic ring is 1. The molecule has 0 unspecified atom stereocenters. The van der Waals surface area contributed by atoms with Gasteiger partial charge in [0.05, 0.1) is 4.90 Å². The number of likely N-dealkylation sites (N-methyl/N-ethyl adjacent to an activating group) is 1. The second-order valence-corrected chi connectivity index (χ2v) is 7.41. The van der Waals surface area contributed by atoms with Crippen LogP contribution in [0.25, 0.3) is 0 Å². The summed E-state index contributed by atoms with van der Waals surface area (Å²) in [6.45, 7) is 1.13. The molecule has 0 atom stereocenters. The molecule has 106 valence electrons. The molecular formula is C12H18BrN3O2S. The van der Waals surface area contributed by atoms with E-state index in [-0.39, 0.29) is 4.90 Å². The van der Waals surface area contributed by atoms with Crippen molar-refractivity contribution in [1.29, 1.82) is 0 Å². The van der Waals surface area contributed by atoms with Gasteiger partial charge in [-0.15, -0.1) is 0 Å². The van der Waals surface area contributed by atoms with Gasteiger partial charge in [0, 0.05) is 29.3 Å². The lowest BCUT2D eigenvalue weighted by Crippen LogP contribution is -2.34. The highest BCUT2D eigenvalue weighted by atomic mass is 79.9. The first kappa shape index (κ1) is 14.8. The summed E-state index contributed by atoms with van der Waals surface area (Å²) in [6.07, 6.45) is 2.43. The van der Waals surface area contributed by atoms with Crippen LogP contribution in [0.5, 0.6) is 0 Å². The first-order valence-corrected chi connectivity index (χ1v) is 8.43. The lowest BCUT2D eigenvalue weighted by molar-refractivity contribution is 0.329. The lowest BCUT2D eigenvalue weighted by Gasteiger charge is -2.16. The standard InChI is InChI=1S/C12H18BrN3O2S/c1-16(9-2-3-9)7-6-15-19(17,18)10-4-5-11(13)12(14)8-10/h4-5,8-9,15H,2-3,6-7,14H2,1H3. The molecule has 1 aromatic carbocycles. The van der Waals surface area contributed by atoms with E-state index in [1.54, 1.807) is 6.07 Å². The van der Waals surface area contributed by atoms with Gasteiger partial charge in [-0.05, 0) is 54.0 Å². The molecule has 0 bridgehead atoms. The Labute approximate surface area is 122 Å². The summed E-state index contributed by atoms with van der Waals surface area (Å²) in [6, 6.07) is 5.26. The normalized spacial score (nSPS) is 15.9. The molecule has 0 aromatic heterocycles. The third kappa shape index (κ3) is 3.92. The highest BCUT2D eigenvalue weighted by Gasteiger charge is 2.25. The van der Waals surface area contributed by atoms with E-state index in [1.807, 2.05) is 7.05 Å². The van der Waals surface area contributed by atoms with Crippen molar-refractivity contribution in [2.24, 2.45) is 0 Å². The average molecular weight is 348 g/mol. The molecule has 1 aliphatic rings. The van der Waals surface area contributed by atoms with Crippen molar-refractivity contribution < 1.29 is 8.42 Å². The summed E-state index contributed by atoms with van der Waals surface area (Å²) in [7, 11) is -1.46. The number of anilines is 1. The van der Waals surface area contributed by atoms with E-state index in [4.69, 9.17) is 5.73 Å². The molecular weight excluding hydrogens is 330 g/mol. The second-order valence-electron chi connectivity index (χ2n) is 4.79. The van der Waals surface area contributed by atoms with Crippen molar-refractivity contribution in [3.05, 3.63) is 22.7 Å². The Hall–Kier alpha value is -0.630. The molecule has 0 heterocycles. The fourth-order valence-electron chi connectivity index (χ4n) is 1.83. The molecule has 19 heavy (non-hydrogen) atoms. The van der Waals surface area contributed by atoms with Gasteiger partial charge >= 0.3 is 0 Å². The quantitative estimate of drug-likeness (QED) is 0.762. The predicted molar refractivity (Wildman–Crippen MR) is 79.4 cm³/mol. The first-order valence-electron chi connectivity index (χ1n) is 6.15. The van der Waals surface area contributed by atoms with Gasteiger partial charge in [0.2, 0.25) is 10.0 Å². The van der Waals surface area contributed by atoms with Crippen molar-refractivity contribution >= 4 is 31.6 Å². The number of nitrogens with two attached hydrogens (primary N) is 1. The summed E-state index contributed by atoms with van der Waals surface area (Å²) >= 11 is 3.24. The van der Waals surface area contributed by atoms with E-state index >= 15 is 0 Å². The Bertz CT molecular complexity index is 558. The van der Waals surface area contributed by atoms with Crippen LogP contribution in [0.1, 0.15) is 12.8 Å². The number of halogens is 1. The maximum absolute atomic E-state index is 12.1. The molecule has 0 saturated heterocycles. The van der Waals surface area contributed by atoms with Crippen LogP contribution in [0.3, 0.4) is 0 Å². The van der Waals surface area contributed by atoms with E-state index in [0.717, 1.165) is 6.54 Å². The minimum Gasteiger partial charge on any atom is -0.398 e. The maximum atomic E-state index is 12.1. The van der Waals surface area contributed by atoms with Gasteiger partial charge in [-0.1, -0.05) is 0 Å². The van der Waals surface area contributed by atoms with E-state index in [1.165, 1.54) is 25.0 Å². The molecule has 2 rings (SSSR count). The largest absolute Gasteiger partial charge is 0.398 e. The highest BCUT2D eigenvalue weighted by molar-refractivity contribution is 9.10. The molecule has 1 fully saturated rings. The van der Waals surface area contributed by atoms with Gasteiger partial charge < -0.3 is 10.6 Å². The van der Waals surface area contributed by atoms with Crippen LogP contribution >= 0.6 is 15.9 Å². The zero-order valence-corrected chi connectivity index (χ0v) is 13.2. The Kier molecular flexibility index (Phi) is 4.50. The maximum Gasteiger partial charge on any atom is 0.240 e. The van der Waals surface area contributed by atoms with Crippen LogP contribution in [-0.2, 0) is 10.0 Å². The van der Waals surface area contributed by atoms with E-state index in [0.29, 0.717) is 22.7 Å². The number of rotatable bonds is 6.